The number of para-hydroxylation sites is 2. The summed E-state index contributed by atoms with van der Waals surface area (Å²) in [6.45, 7) is 1.57. The first kappa shape index (κ1) is 16.9. The van der Waals surface area contributed by atoms with Gasteiger partial charge in [0.2, 0.25) is 0 Å². The zero-order valence-corrected chi connectivity index (χ0v) is 13.7. The van der Waals surface area contributed by atoms with Gasteiger partial charge in [0.1, 0.15) is 12.4 Å². The topological polar surface area (TPSA) is 63.9 Å². The lowest BCUT2D eigenvalue weighted by molar-refractivity contribution is 0.0761. The minimum absolute atomic E-state index is 0.149. The lowest BCUT2D eigenvalue weighted by Crippen LogP contribution is -2.32. The SMILES string of the molecule is CNCCN(C)C(=O)c1ccc(COc2ccccc2OC)o1. The number of carbonyl (C=O) groups excluding carboxylic acids is 1. The van der Waals surface area contributed by atoms with E-state index in [1.807, 2.05) is 31.3 Å². The molecule has 0 atom stereocenters. The monoisotopic (exact) mass is 318 g/mol. The number of likely N-dealkylation sites (N-methyl/N-ethyl adjacent to an activating group) is 2. The molecule has 0 aliphatic carbocycles. The van der Waals surface area contributed by atoms with Crippen LogP contribution in [0.2, 0.25) is 0 Å². The summed E-state index contributed by atoms with van der Waals surface area (Å²) in [5.74, 6) is 2.03. The van der Waals surface area contributed by atoms with Gasteiger partial charge in [-0.3, -0.25) is 4.79 Å². The fourth-order valence-corrected chi connectivity index (χ4v) is 2.03. The van der Waals surface area contributed by atoms with Gasteiger partial charge in [0.25, 0.3) is 5.91 Å². The fourth-order valence-electron chi connectivity index (χ4n) is 2.03. The van der Waals surface area contributed by atoms with Gasteiger partial charge in [-0.1, -0.05) is 12.1 Å². The second-order valence-corrected chi connectivity index (χ2v) is 5.04. The molecule has 2 aromatic rings. The van der Waals surface area contributed by atoms with Crippen molar-refractivity contribution in [3.63, 3.8) is 0 Å². The standard InChI is InChI=1S/C17H22N2O4/c1-18-10-11-19(2)17(20)16-9-8-13(23-16)12-22-15-7-5-4-6-14(15)21-3/h4-9,18H,10-12H2,1-3H3. The van der Waals surface area contributed by atoms with E-state index in [4.69, 9.17) is 13.9 Å². The van der Waals surface area contributed by atoms with Crippen molar-refractivity contribution in [3.8, 4) is 11.5 Å². The third kappa shape index (κ3) is 4.50. The number of methoxy groups -OCH3 is 1. The molecule has 1 N–H and O–H groups in total. The van der Waals surface area contributed by atoms with Crippen LogP contribution in [-0.2, 0) is 6.61 Å². The Bertz CT molecular complexity index is 639. The molecule has 0 saturated carbocycles. The molecule has 1 amide bonds. The lowest BCUT2D eigenvalue weighted by atomic mass is 10.3. The van der Waals surface area contributed by atoms with Gasteiger partial charge < -0.3 is 24.1 Å². The average molecular weight is 318 g/mol. The highest BCUT2D eigenvalue weighted by Gasteiger charge is 2.16. The van der Waals surface area contributed by atoms with Crippen LogP contribution in [-0.4, -0.2) is 45.1 Å². The Morgan fingerprint density at radius 2 is 1.96 bits per heavy atom. The molecule has 6 heteroatoms. The number of benzene rings is 1. The highest BCUT2D eigenvalue weighted by molar-refractivity contribution is 5.91. The predicted octanol–water partition coefficient (Wildman–Crippen LogP) is 2.16. The van der Waals surface area contributed by atoms with Crippen LogP contribution < -0.4 is 14.8 Å². The van der Waals surface area contributed by atoms with Crippen LogP contribution in [0.5, 0.6) is 11.5 Å². The maximum atomic E-state index is 12.2. The van der Waals surface area contributed by atoms with Gasteiger partial charge in [-0.25, -0.2) is 0 Å². The van der Waals surface area contributed by atoms with E-state index in [9.17, 15) is 4.79 Å². The summed E-state index contributed by atoms with van der Waals surface area (Å²) in [4.78, 5) is 13.8. The number of nitrogens with one attached hydrogen (secondary N) is 1. The van der Waals surface area contributed by atoms with Crippen LogP contribution in [0.25, 0.3) is 0 Å². The number of hydrogen-bond acceptors (Lipinski definition) is 5. The molecule has 0 unspecified atom stereocenters. The molecule has 0 aliphatic rings. The van der Waals surface area contributed by atoms with Gasteiger partial charge in [-0.2, -0.15) is 0 Å². The number of hydrogen-bond donors (Lipinski definition) is 1. The first-order chi connectivity index (χ1) is 11.2. The molecule has 0 saturated heterocycles. The highest BCUT2D eigenvalue weighted by atomic mass is 16.5. The number of furan rings is 1. The van der Waals surface area contributed by atoms with E-state index in [1.165, 1.54) is 0 Å². The molecule has 0 fully saturated rings. The van der Waals surface area contributed by atoms with Crippen LogP contribution in [0.4, 0.5) is 0 Å². The van der Waals surface area contributed by atoms with E-state index >= 15 is 0 Å². The number of ether oxygens (including phenoxy) is 2. The number of rotatable bonds is 8. The van der Waals surface area contributed by atoms with Crippen molar-refractivity contribution >= 4 is 5.91 Å². The van der Waals surface area contributed by atoms with Crippen LogP contribution >= 0.6 is 0 Å². The van der Waals surface area contributed by atoms with E-state index < -0.39 is 0 Å². The summed E-state index contributed by atoms with van der Waals surface area (Å²) in [5.41, 5.74) is 0. The van der Waals surface area contributed by atoms with Crippen LogP contribution in [0, 0.1) is 0 Å². The summed E-state index contributed by atoms with van der Waals surface area (Å²) in [6.07, 6.45) is 0. The normalized spacial score (nSPS) is 10.4. The third-order valence-corrected chi connectivity index (χ3v) is 3.36. The Kier molecular flexibility index (Phi) is 6.05. The van der Waals surface area contributed by atoms with Gasteiger partial charge in [-0.05, 0) is 31.3 Å². The van der Waals surface area contributed by atoms with Crippen molar-refractivity contribution in [1.82, 2.24) is 10.2 Å². The second-order valence-electron chi connectivity index (χ2n) is 5.04. The molecule has 1 aromatic carbocycles. The number of carbonyl (C=O) groups is 1. The molecule has 6 nitrogen and oxygen atoms in total. The molecule has 1 heterocycles. The molecule has 124 valence electrons. The third-order valence-electron chi connectivity index (χ3n) is 3.36. The van der Waals surface area contributed by atoms with Crippen molar-refractivity contribution in [3.05, 3.63) is 47.9 Å². The Labute approximate surface area is 136 Å². The van der Waals surface area contributed by atoms with Crippen molar-refractivity contribution in [2.75, 3.05) is 34.3 Å². The molecule has 0 spiro atoms. The molecule has 0 bridgehead atoms. The Morgan fingerprint density at radius 1 is 1.22 bits per heavy atom. The molecule has 1 aromatic heterocycles. The summed E-state index contributed by atoms with van der Waals surface area (Å²) < 4.78 is 16.5. The average Bonchev–Trinajstić information content (AvgIpc) is 3.06. The Hall–Kier alpha value is -2.47. The van der Waals surface area contributed by atoms with Crippen molar-refractivity contribution in [2.45, 2.75) is 6.61 Å². The maximum Gasteiger partial charge on any atom is 0.289 e. The number of amides is 1. The Balaban J connectivity index is 1.95. The van der Waals surface area contributed by atoms with E-state index in [0.717, 1.165) is 6.54 Å². The lowest BCUT2D eigenvalue weighted by Gasteiger charge is -2.15. The summed E-state index contributed by atoms with van der Waals surface area (Å²) in [7, 11) is 5.18. The number of nitrogens with zero attached hydrogens (tertiary/aromatic N) is 1. The first-order valence-electron chi connectivity index (χ1n) is 7.40. The van der Waals surface area contributed by atoms with Crippen LogP contribution in [0.1, 0.15) is 16.3 Å². The van der Waals surface area contributed by atoms with Gasteiger partial charge in [0.05, 0.1) is 7.11 Å². The van der Waals surface area contributed by atoms with E-state index in [2.05, 4.69) is 5.32 Å². The molecule has 0 radical (unpaired) electrons. The van der Waals surface area contributed by atoms with Crippen LogP contribution in [0.15, 0.2) is 40.8 Å². The van der Waals surface area contributed by atoms with Gasteiger partial charge in [0, 0.05) is 20.1 Å². The fraction of sp³-hybridized carbons (Fsp3) is 0.353. The molecule has 23 heavy (non-hydrogen) atoms. The summed E-state index contributed by atoms with van der Waals surface area (Å²) in [6, 6.07) is 10.8. The minimum Gasteiger partial charge on any atom is -0.493 e. The first-order valence-corrected chi connectivity index (χ1v) is 7.40. The van der Waals surface area contributed by atoms with E-state index in [1.54, 1.807) is 31.2 Å². The molecular formula is C17H22N2O4. The zero-order chi connectivity index (χ0) is 16.7. The summed E-state index contributed by atoms with van der Waals surface area (Å²) in [5, 5.41) is 3.00. The quantitative estimate of drug-likeness (QED) is 0.808. The van der Waals surface area contributed by atoms with Gasteiger partial charge in [-0.15, -0.1) is 0 Å². The van der Waals surface area contributed by atoms with Crippen LogP contribution in [0.3, 0.4) is 0 Å². The molecular weight excluding hydrogens is 296 g/mol. The summed E-state index contributed by atoms with van der Waals surface area (Å²) >= 11 is 0. The van der Waals surface area contributed by atoms with Gasteiger partial charge >= 0.3 is 0 Å². The molecule has 0 aliphatic heterocycles. The largest absolute Gasteiger partial charge is 0.493 e. The minimum atomic E-state index is -0.149. The maximum absolute atomic E-state index is 12.2. The smallest absolute Gasteiger partial charge is 0.289 e. The predicted molar refractivity (Wildman–Crippen MR) is 86.9 cm³/mol. The van der Waals surface area contributed by atoms with Gasteiger partial charge in [0.15, 0.2) is 17.3 Å². The van der Waals surface area contributed by atoms with E-state index in [-0.39, 0.29) is 12.5 Å². The Morgan fingerprint density at radius 3 is 2.65 bits per heavy atom. The van der Waals surface area contributed by atoms with Crippen molar-refractivity contribution in [1.29, 1.82) is 0 Å². The van der Waals surface area contributed by atoms with Crippen molar-refractivity contribution < 1.29 is 18.7 Å². The van der Waals surface area contributed by atoms with E-state index in [0.29, 0.717) is 29.6 Å². The second kappa shape index (κ2) is 8.24. The zero-order valence-electron chi connectivity index (χ0n) is 13.7. The van der Waals surface area contributed by atoms with Crippen molar-refractivity contribution in [2.24, 2.45) is 0 Å². The highest BCUT2D eigenvalue weighted by Crippen LogP contribution is 2.26. The molecule has 2 rings (SSSR count).